The topological polar surface area (TPSA) is 40.5 Å². The molecule has 0 heterocycles. The molecule has 0 aromatic heterocycles. The molecule has 0 aliphatic rings. The molecule has 1 aromatic rings. The van der Waals surface area contributed by atoms with Crippen LogP contribution < -0.4 is 0 Å². The van der Waals surface area contributed by atoms with Crippen molar-refractivity contribution in [1.29, 1.82) is 0 Å². The van der Waals surface area contributed by atoms with Gasteiger partial charge in [0.1, 0.15) is 0 Å². The van der Waals surface area contributed by atoms with Crippen molar-refractivity contribution in [2.75, 3.05) is 0 Å². The molecule has 0 aliphatic heterocycles. The largest absolute Gasteiger partial charge is 0.393 e. The van der Waals surface area contributed by atoms with Gasteiger partial charge in [-0.15, -0.1) is 0 Å². The molecule has 15 heavy (non-hydrogen) atoms. The Hall–Kier alpha value is -1.12. The second-order valence-corrected chi connectivity index (χ2v) is 3.72. The molecular formula is C13H18O2. The highest BCUT2D eigenvalue weighted by molar-refractivity contribution is 5.17. The Morgan fingerprint density at radius 3 is 2.27 bits per heavy atom. The molecule has 1 rings (SSSR count). The lowest BCUT2D eigenvalue weighted by Crippen LogP contribution is -1.97. The molecular weight excluding hydrogens is 188 g/mol. The minimum absolute atomic E-state index is 0.310. The lowest BCUT2D eigenvalue weighted by Gasteiger charge is -2.07. The highest BCUT2D eigenvalue weighted by Gasteiger charge is 2.03. The van der Waals surface area contributed by atoms with E-state index < -0.39 is 6.10 Å². The van der Waals surface area contributed by atoms with Crippen LogP contribution in [0.5, 0.6) is 0 Å². The molecule has 1 aromatic carbocycles. The van der Waals surface area contributed by atoms with E-state index in [9.17, 15) is 5.11 Å². The maximum absolute atomic E-state index is 9.77. The van der Waals surface area contributed by atoms with E-state index in [1.54, 1.807) is 6.92 Å². The minimum Gasteiger partial charge on any atom is -0.393 e. The minimum atomic E-state index is -0.448. The van der Waals surface area contributed by atoms with Crippen LogP contribution >= 0.6 is 0 Å². The van der Waals surface area contributed by atoms with Gasteiger partial charge >= 0.3 is 0 Å². The monoisotopic (exact) mass is 206 g/mol. The fourth-order valence-electron chi connectivity index (χ4n) is 1.33. The van der Waals surface area contributed by atoms with Gasteiger partial charge in [0.15, 0.2) is 0 Å². The fourth-order valence-corrected chi connectivity index (χ4v) is 1.33. The molecule has 2 nitrogen and oxygen atoms in total. The number of hydrogen-bond donors (Lipinski definition) is 2. The van der Waals surface area contributed by atoms with E-state index in [-0.39, 0.29) is 6.10 Å². The van der Waals surface area contributed by atoms with Crippen molar-refractivity contribution in [1.82, 2.24) is 0 Å². The SMILES string of the molecule is C[C@H](O)C/C=C\C[C@H](O)c1ccccc1. The van der Waals surface area contributed by atoms with Crippen LogP contribution in [0, 0.1) is 0 Å². The van der Waals surface area contributed by atoms with Gasteiger partial charge < -0.3 is 10.2 Å². The van der Waals surface area contributed by atoms with Gasteiger partial charge in [-0.05, 0) is 25.3 Å². The Kier molecular flexibility index (Phi) is 5.08. The quantitative estimate of drug-likeness (QED) is 0.726. The summed E-state index contributed by atoms with van der Waals surface area (Å²) >= 11 is 0. The molecule has 2 N–H and O–H groups in total. The lowest BCUT2D eigenvalue weighted by molar-refractivity contribution is 0.180. The van der Waals surface area contributed by atoms with E-state index in [0.717, 1.165) is 5.56 Å². The first kappa shape index (κ1) is 12.0. The van der Waals surface area contributed by atoms with Crippen molar-refractivity contribution in [3.63, 3.8) is 0 Å². The molecule has 0 spiro atoms. The fraction of sp³-hybridized carbons (Fsp3) is 0.385. The summed E-state index contributed by atoms with van der Waals surface area (Å²) in [6, 6.07) is 9.58. The van der Waals surface area contributed by atoms with Crippen LogP contribution in [-0.2, 0) is 0 Å². The number of aliphatic hydroxyl groups is 2. The number of hydrogen-bond acceptors (Lipinski definition) is 2. The standard InChI is InChI=1S/C13H18O2/c1-11(14)7-5-6-10-13(15)12-8-3-2-4-9-12/h2-6,8-9,11,13-15H,7,10H2,1H3/b6-5-/t11-,13-/m0/s1. The Balaban J connectivity index is 2.37. The maximum Gasteiger partial charge on any atom is 0.0824 e. The van der Waals surface area contributed by atoms with Gasteiger partial charge in [-0.2, -0.15) is 0 Å². The first-order valence-electron chi connectivity index (χ1n) is 5.26. The van der Waals surface area contributed by atoms with Crippen molar-refractivity contribution in [3.8, 4) is 0 Å². The summed E-state index contributed by atoms with van der Waals surface area (Å²) in [5, 5.41) is 18.8. The summed E-state index contributed by atoms with van der Waals surface area (Å²) < 4.78 is 0. The Bertz CT molecular complexity index is 291. The summed E-state index contributed by atoms with van der Waals surface area (Å²) in [6.45, 7) is 1.75. The summed E-state index contributed by atoms with van der Waals surface area (Å²) in [7, 11) is 0. The van der Waals surface area contributed by atoms with Crippen LogP contribution in [0.15, 0.2) is 42.5 Å². The lowest BCUT2D eigenvalue weighted by atomic mass is 10.1. The third-order valence-electron chi connectivity index (χ3n) is 2.19. The maximum atomic E-state index is 9.77. The first-order valence-corrected chi connectivity index (χ1v) is 5.26. The molecule has 0 aliphatic carbocycles. The molecule has 0 amide bonds. The number of benzene rings is 1. The summed E-state index contributed by atoms with van der Waals surface area (Å²) in [4.78, 5) is 0. The second kappa shape index (κ2) is 6.38. The molecule has 0 unspecified atom stereocenters. The van der Waals surface area contributed by atoms with E-state index in [2.05, 4.69) is 0 Å². The molecule has 0 saturated carbocycles. The van der Waals surface area contributed by atoms with Crippen LogP contribution in [0.25, 0.3) is 0 Å². The van der Waals surface area contributed by atoms with E-state index >= 15 is 0 Å². The third-order valence-corrected chi connectivity index (χ3v) is 2.19. The van der Waals surface area contributed by atoms with Gasteiger partial charge in [0.2, 0.25) is 0 Å². The van der Waals surface area contributed by atoms with Crippen LogP contribution in [0.4, 0.5) is 0 Å². The number of aliphatic hydroxyl groups excluding tert-OH is 2. The van der Waals surface area contributed by atoms with Crippen molar-refractivity contribution in [2.24, 2.45) is 0 Å². The number of rotatable bonds is 5. The molecule has 0 fully saturated rings. The van der Waals surface area contributed by atoms with Crippen molar-refractivity contribution in [2.45, 2.75) is 32.0 Å². The van der Waals surface area contributed by atoms with Crippen LogP contribution in [0.3, 0.4) is 0 Å². The predicted octanol–water partition coefficient (Wildman–Crippen LogP) is 2.44. The van der Waals surface area contributed by atoms with Crippen LogP contribution in [0.1, 0.15) is 31.4 Å². The summed E-state index contributed by atoms with van der Waals surface area (Å²) in [6.07, 6.45) is 4.28. The average molecular weight is 206 g/mol. The summed E-state index contributed by atoms with van der Waals surface area (Å²) in [5.41, 5.74) is 0.930. The molecule has 82 valence electrons. The molecule has 0 bridgehead atoms. The Morgan fingerprint density at radius 1 is 1.07 bits per heavy atom. The van der Waals surface area contributed by atoms with E-state index in [1.807, 2.05) is 42.5 Å². The van der Waals surface area contributed by atoms with Crippen LogP contribution in [-0.4, -0.2) is 16.3 Å². The van der Waals surface area contributed by atoms with Crippen molar-refractivity contribution in [3.05, 3.63) is 48.0 Å². The first-order chi connectivity index (χ1) is 7.20. The molecule has 2 heteroatoms. The predicted molar refractivity (Wildman–Crippen MR) is 61.5 cm³/mol. The Morgan fingerprint density at radius 2 is 1.67 bits per heavy atom. The smallest absolute Gasteiger partial charge is 0.0824 e. The van der Waals surface area contributed by atoms with Gasteiger partial charge in [-0.1, -0.05) is 42.5 Å². The average Bonchev–Trinajstić information content (AvgIpc) is 2.25. The van der Waals surface area contributed by atoms with Gasteiger partial charge in [0.05, 0.1) is 12.2 Å². The second-order valence-electron chi connectivity index (χ2n) is 3.72. The van der Waals surface area contributed by atoms with Crippen molar-refractivity contribution >= 4 is 0 Å². The van der Waals surface area contributed by atoms with Gasteiger partial charge in [0.25, 0.3) is 0 Å². The van der Waals surface area contributed by atoms with Crippen LogP contribution in [0.2, 0.25) is 0 Å². The summed E-state index contributed by atoms with van der Waals surface area (Å²) in [5.74, 6) is 0. The van der Waals surface area contributed by atoms with E-state index in [1.165, 1.54) is 0 Å². The van der Waals surface area contributed by atoms with E-state index in [4.69, 9.17) is 5.11 Å². The normalized spacial score (nSPS) is 15.4. The highest BCUT2D eigenvalue weighted by Crippen LogP contribution is 2.16. The Labute approximate surface area is 90.9 Å². The third kappa shape index (κ3) is 4.77. The van der Waals surface area contributed by atoms with Gasteiger partial charge in [-0.3, -0.25) is 0 Å². The van der Waals surface area contributed by atoms with Gasteiger partial charge in [0, 0.05) is 0 Å². The molecule has 0 saturated heterocycles. The highest BCUT2D eigenvalue weighted by atomic mass is 16.3. The zero-order valence-corrected chi connectivity index (χ0v) is 9.00. The zero-order chi connectivity index (χ0) is 11.1. The van der Waals surface area contributed by atoms with Crippen molar-refractivity contribution < 1.29 is 10.2 Å². The zero-order valence-electron chi connectivity index (χ0n) is 9.00. The molecule has 0 radical (unpaired) electrons. The molecule has 2 atom stereocenters. The van der Waals surface area contributed by atoms with Gasteiger partial charge in [-0.25, -0.2) is 0 Å². The van der Waals surface area contributed by atoms with E-state index in [0.29, 0.717) is 12.8 Å².